The van der Waals surface area contributed by atoms with Crippen molar-refractivity contribution in [2.75, 3.05) is 13.1 Å². The number of aromatic nitrogens is 1. The van der Waals surface area contributed by atoms with Crippen LogP contribution < -0.4 is 5.32 Å². The summed E-state index contributed by atoms with van der Waals surface area (Å²) in [4.78, 5) is 30.4. The zero-order chi connectivity index (χ0) is 18.8. The molecule has 1 heterocycles. The minimum Gasteiger partial charge on any atom is -0.446 e. The molecule has 0 saturated carbocycles. The average Bonchev–Trinajstić information content (AvgIpc) is 2.99. The Bertz CT molecular complexity index is 538. The van der Waals surface area contributed by atoms with Crippen LogP contribution in [-0.4, -0.2) is 34.8 Å². The van der Waals surface area contributed by atoms with Crippen LogP contribution in [-0.2, 0) is 11.3 Å². The normalized spacial score (nSPS) is 11.2. The minimum atomic E-state index is -0.232. The quantitative estimate of drug-likeness (QED) is 0.660. The molecule has 0 saturated heterocycles. The number of rotatable bonds is 11. The Balaban J connectivity index is 2.64. The van der Waals surface area contributed by atoms with Gasteiger partial charge in [-0.3, -0.25) is 9.59 Å². The number of carbonyl (C=O) groups excluding carboxylic acids is 2. The van der Waals surface area contributed by atoms with Gasteiger partial charge in [-0.15, -0.1) is 0 Å². The van der Waals surface area contributed by atoms with Crippen LogP contribution in [0.4, 0.5) is 0 Å². The topological polar surface area (TPSA) is 75.4 Å². The predicted molar refractivity (Wildman–Crippen MR) is 98.1 cm³/mol. The van der Waals surface area contributed by atoms with Crippen molar-refractivity contribution in [2.24, 2.45) is 11.8 Å². The molecule has 142 valence electrons. The van der Waals surface area contributed by atoms with E-state index in [4.69, 9.17) is 4.42 Å². The third-order valence-corrected chi connectivity index (χ3v) is 3.91. The van der Waals surface area contributed by atoms with Gasteiger partial charge in [-0.05, 0) is 31.1 Å². The monoisotopic (exact) mass is 351 g/mol. The number of hydrogen-bond donors (Lipinski definition) is 1. The second-order valence-electron chi connectivity index (χ2n) is 7.31. The van der Waals surface area contributed by atoms with E-state index < -0.39 is 0 Å². The summed E-state index contributed by atoms with van der Waals surface area (Å²) in [7, 11) is 0. The summed E-state index contributed by atoms with van der Waals surface area (Å²) in [5, 5.41) is 2.84. The molecule has 1 rings (SSSR count). The van der Waals surface area contributed by atoms with Crippen LogP contribution in [0.3, 0.4) is 0 Å². The first-order valence-corrected chi connectivity index (χ1v) is 9.33. The van der Waals surface area contributed by atoms with Crippen LogP contribution >= 0.6 is 0 Å². The Morgan fingerprint density at radius 2 is 1.88 bits per heavy atom. The van der Waals surface area contributed by atoms with Gasteiger partial charge >= 0.3 is 0 Å². The number of hydrogen-bond acceptors (Lipinski definition) is 4. The number of carbonyl (C=O) groups is 2. The van der Waals surface area contributed by atoms with E-state index >= 15 is 0 Å². The maximum Gasteiger partial charge on any atom is 0.273 e. The fraction of sp³-hybridized carbons (Fsp3) is 0.737. The highest BCUT2D eigenvalue weighted by Gasteiger charge is 2.18. The van der Waals surface area contributed by atoms with Crippen LogP contribution in [0.25, 0.3) is 0 Å². The van der Waals surface area contributed by atoms with Gasteiger partial charge in [0.1, 0.15) is 6.26 Å². The van der Waals surface area contributed by atoms with Crippen LogP contribution in [0.5, 0.6) is 0 Å². The standard InChI is InChI=1S/C19H33N3O3/c1-6-7-18(23)22(11-9-15(4)5)12-17-21-16(13-25-17)19(24)20-10-8-14(2)3/h13-15H,6-12H2,1-5H3,(H,20,24). The molecule has 0 bridgehead atoms. The predicted octanol–water partition coefficient (Wildman–Crippen LogP) is 3.63. The second-order valence-corrected chi connectivity index (χ2v) is 7.31. The molecule has 25 heavy (non-hydrogen) atoms. The molecule has 6 nitrogen and oxygen atoms in total. The summed E-state index contributed by atoms with van der Waals surface area (Å²) in [6.07, 6.45) is 4.54. The maximum absolute atomic E-state index is 12.3. The molecule has 2 amide bonds. The lowest BCUT2D eigenvalue weighted by molar-refractivity contribution is -0.132. The average molecular weight is 351 g/mol. The Morgan fingerprint density at radius 1 is 1.20 bits per heavy atom. The van der Waals surface area contributed by atoms with E-state index in [1.807, 2.05) is 6.92 Å². The van der Waals surface area contributed by atoms with E-state index in [0.29, 0.717) is 43.8 Å². The number of nitrogens with zero attached hydrogens (tertiary/aromatic N) is 2. The van der Waals surface area contributed by atoms with E-state index in [1.54, 1.807) is 4.90 Å². The van der Waals surface area contributed by atoms with E-state index in [1.165, 1.54) is 6.26 Å². The summed E-state index contributed by atoms with van der Waals surface area (Å²) < 4.78 is 5.41. The van der Waals surface area contributed by atoms with E-state index in [9.17, 15) is 9.59 Å². The highest BCUT2D eigenvalue weighted by molar-refractivity contribution is 5.91. The summed E-state index contributed by atoms with van der Waals surface area (Å²) >= 11 is 0. The Labute approximate surface area is 151 Å². The molecule has 1 aromatic rings. The van der Waals surface area contributed by atoms with Crippen molar-refractivity contribution in [3.63, 3.8) is 0 Å². The van der Waals surface area contributed by atoms with Gasteiger partial charge in [0, 0.05) is 19.5 Å². The molecule has 0 aliphatic carbocycles. The third-order valence-electron chi connectivity index (χ3n) is 3.91. The van der Waals surface area contributed by atoms with Gasteiger partial charge in [0.25, 0.3) is 5.91 Å². The molecular formula is C19H33N3O3. The molecule has 0 aliphatic rings. The largest absolute Gasteiger partial charge is 0.446 e. The first kappa shape index (κ1) is 21.2. The number of amides is 2. The van der Waals surface area contributed by atoms with E-state index in [-0.39, 0.29) is 17.5 Å². The summed E-state index contributed by atoms with van der Waals surface area (Å²) in [6.45, 7) is 12.1. The van der Waals surface area contributed by atoms with Gasteiger partial charge in [-0.1, -0.05) is 34.6 Å². The van der Waals surface area contributed by atoms with E-state index in [2.05, 4.69) is 38.0 Å². The zero-order valence-corrected chi connectivity index (χ0v) is 16.3. The summed E-state index contributed by atoms with van der Waals surface area (Å²) in [5.74, 6) is 1.33. The lowest BCUT2D eigenvalue weighted by Crippen LogP contribution is -2.32. The first-order chi connectivity index (χ1) is 11.8. The summed E-state index contributed by atoms with van der Waals surface area (Å²) in [6, 6.07) is 0. The van der Waals surface area contributed by atoms with Crippen LogP contribution in [0.1, 0.15) is 76.7 Å². The van der Waals surface area contributed by atoms with Crippen molar-refractivity contribution in [1.29, 1.82) is 0 Å². The fourth-order valence-corrected chi connectivity index (χ4v) is 2.29. The van der Waals surface area contributed by atoms with Crippen molar-refractivity contribution in [2.45, 2.75) is 66.8 Å². The molecule has 1 N–H and O–H groups in total. The molecule has 0 fully saturated rings. The van der Waals surface area contributed by atoms with Gasteiger partial charge in [0.15, 0.2) is 5.69 Å². The Kier molecular flexibility index (Phi) is 9.24. The van der Waals surface area contributed by atoms with Crippen molar-refractivity contribution < 1.29 is 14.0 Å². The molecule has 1 aromatic heterocycles. The SMILES string of the molecule is CCCC(=O)N(CCC(C)C)Cc1nc(C(=O)NCCC(C)C)co1. The summed E-state index contributed by atoms with van der Waals surface area (Å²) in [5.41, 5.74) is 0.269. The minimum absolute atomic E-state index is 0.101. The van der Waals surface area contributed by atoms with Crippen molar-refractivity contribution in [3.05, 3.63) is 17.8 Å². The number of nitrogens with one attached hydrogen (secondary N) is 1. The van der Waals surface area contributed by atoms with Crippen molar-refractivity contribution in [3.8, 4) is 0 Å². The molecule has 0 aromatic carbocycles. The fourth-order valence-electron chi connectivity index (χ4n) is 2.29. The van der Waals surface area contributed by atoms with Crippen molar-refractivity contribution in [1.82, 2.24) is 15.2 Å². The van der Waals surface area contributed by atoms with Crippen LogP contribution in [0.15, 0.2) is 10.7 Å². The van der Waals surface area contributed by atoms with Gasteiger partial charge in [0.05, 0.1) is 6.54 Å². The Morgan fingerprint density at radius 3 is 2.48 bits per heavy atom. The Hall–Kier alpha value is -1.85. The van der Waals surface area contributed by atoms with Gasteiger partial charge in [0.2, 0.25) is 11.8 Å². The molecule has 6 heteroatoms. The molecule has 0 unspecified atom stereocenters. The van der Waals surface area contributed by atoms with Gasteiger partial charge < -0.3 is 14.6 Å². The number of oxazole rings is 1. The lowest BCUT2D eigenvalue weighted by atomic mass is 10.1. The molecule has 0 radical (unpaired) electrons. The van der Waals surface area contributed by atoms with Crippen LogP contribution in [0, 0.1) is 11.8 Å². The smallest absolute Gasteiger partial charge is 0.273 e. The highest BCUT2D eigenvalue weighted by Crippen LogP contribution is 2.11. The second kappa shape index (κ2) is 10.9. The maximum atomic E-state index is 12.3. The molecule has 0 aliphatic heterocycles. The van der Waals surface area contributed by atoms with Crippen molar-refractivity contribution >= 4 is 11.8 Å². The van der Waals surface area contributed by atoms with Gasteiger partial charge in [-0.2, -0.15) is 0 Å². The lowest BCUT2D eigenvalue weighted by Gasteiger charge is -2.22. The third kappa shape index (κ3) is 8.18. The molecule has 0 spiro atoms. The molecular weight excluding hydrogens is 318 g/mol. The zero-order valence-electron chi connectivity index (χ0n) is 16.3. The van der Waals surface area contributed by atoms with Crippen LogP contribution in [0.2, 0.25) is 0 Å². The first-order valence-electron chi connectivity index (χ1n) is 9.33. The van der Waals surface area contributed by atoms with Gasteiger partial charge in [-0.25, -0.2) is 4.98 Å². The van der Waals surface area contributed by atoms with E-state index in [0.717, 1.165) is 19.3 Å². The highest BCUT2D eigenvalue weighted by atomic mass is 16.3. The molecule has 0 atom stereocenters.